The van der Waals surface area contributed by atoms with E-state index in [1.807, 2.05) is 67.6 Å². The van der Waals surface area contributed by atoms with Gasteiger partial charge in [-0.2, -0.15) is 4.37 Å². The van der Waals surface area contributed by atoms with E-state index in [-0.39, 0.29) is 35.3 Å². The number of nitrogens with zero attached hydrogens (tertiary/aromatic N) is 2. The van der Waals surface area contributed by atoms with Crippen LogP contribution in [0, 0.1) is 0 Å². The molecule has 0 saturated heterocycles. The van der Waals surface area contributed by atoms with Gasteiger partial charge in [-0.05, 0) is 47.3 Å². The predicted molar refractivity (Wildman–Crippen MR) is 150 cm³/mol. The third-order valence-electron chi connectivity index (χ3n) is 5.99. The molecule has 1 aromatic heterocycles. The topological polar surface area (TPSA) is 141 Å². The molecule has 39 heavy (non-hydrogen) atoms. The highest BCUT2D eigenvalue weighted by Crippen LogP contribution is 2.31. The number of hydrogen-bond acceptors (Lipinski definition) is 7. The predicted octanol–water partition coefficient (Wildman–Crippen LogP) is 3.92. The van der Waals surface area contributed by atoms with Gasteiger partial charge in [0.1, 0.15) is 16.7 Å². The average molecular weight is 544 g/mol. The van der Waals surface area contributed by atoms with E-state index in [1.54, 1.807) is 24.3 Å². The van der Waals surface area contributed by atoms with Crippen molar-refractivity contribution in [2.75, 3.05) is 12.3 Å². The highest BCUT2D eigenvalue weighted by molar-refractivity contribution is 7.09. The van der Waals surface area contributed by atoms with Gasteiger partial charge in [0.05, 0.1) is 12.3 Å². The minimum absolute atomic E-state index is 0.0338. The minimum atomic E-state index is -1.03. The Bertz CT molecular complexity index is 1430. The number of primary amides is 1. The van der Waals surface area contributed by atoms with Crippen molar-refractivity contribution in [2.24, 2.45) is 5.73 Å². The van der Waals surface area contributed by atoms with Crippen LogP contribution in [0.2, 0.25) is 0 Å². The monoisotopic (exact) mass is 543 g/mol. The second-order valence-corrected chi connectivity index (χ2v) is 9.44. The third-order valence-corrected chi connectivity index (χ3v) is 6.84. The van der Waals surface area contributed by atoms with Crippen molar-refractivity contribution < 1.29 is 19.1 Å². The lowest BCUT2D eigenvalue weighted by Crippen LogP contribution is -2.43. The van der Waals surface area contributed by atoms with Crippen molar-refractivity contribution >= 4 is 34.9 Å². The lowest BCUT2D eigenvalue weighted by Gasteiger charge is -2.31. The Hall–Kier alpha value is -4.70. The molecule has 0 unspecified atom stereocenters. The van der Waals surface area contributed by atoms with Crippen LogP contribution in [0.4, 0.5) is 5.69 Å². The van der Waals surface area contributed by atoms with Crippen molar-refractivity contribution in [1.29, 1.82) is 0 Å². The number of hydrogen-bond donors (Lipinski definition) is 3. The van der Waals surface area contributed by atoms with Gasteiger partial charge in [-0.25, -0.2) is 0 Å². The van der Waals surface area contributed by atoms with Gasteiger partial charge >= 0.3 is 0 Å². The molecule has 0 radical (unpaired) electrons. The fourth-order valence-electron chi connectivity index (χ4n) is 4.09. The van der Waals surface area contributed by atoms with Crippen molar-refractivity contribution in [3.63, 3.8) is 0 Å². The smallest absolute Gasteiger partial charge is 0.270 e. The number of nitrogens with two attached hydrogens (primary N) is 2. The van der Waals surface area contributed by atoms with Crippen molar-refractivity contribution in [3.05, 3.63) is 112 Å². The summed E-state index contributed by atoms with van der Waals surface area (Å²) in [6, 6.07) is 24.8. The molecule has 0 aliphatic heterocycles. The summed E-state index contributed by atoms with van der Waals surface area (Å²) in [6.45, 7) is 2.74. The number of ether oxygens (including phenoxy) is 1. The van der Waals surface area contributed by atoms with Crippen molar-refractivity contribution in [3.8, 4) is 5.75 Å². The maximum atomic E-state index is 14.0. The van der Waals surface area contributed by atoms with Crippen molar-refractivity contribution in [1.82, 2.24) is 14.6 Å². The first-order chi connectivity index (χ1) is 18.9. The Labute approximate surface area is 230 Å². The summed E-state index contributed by atoms with van der Waals surface area (Å²) in [4.78, 5) is 41.1. The summed E-state index contributed by atoms with van der Waals surface area (Å²) < 4.78 is 9.56. The summed E-state index contributed by atoms with van der Waals surface area (Å²) in [5.74, 6) is -1.12. The van der Waals surface area contributed by atoms with Crippen LogP contribution in [0.1, 0.15) is 49.8 Å². The summed E-state index contributed by atoms with van der Waals surface area (Å²) in [5.41, 5.74) is 13.5. The van der Waals surface area contributed by atoms with Gasteiger partial charge < -0.3 is 26.4 Å². The number of aromatic nitrogens is 1. The molecule has 9 nitrogen and oxygen atoms in total. The summed E-state index contributed by atoms with van der Waals surface area (Å²) in [7, 11) is 0. The van der Waals surface area contributed by atoms with Gasteiger partial charge in [0.2, 0.25) is 5.91 Å². The van der Waals surface area contributed by atoms with Crippen LogP contribution in [-0.2, 0) is 17.9 Å². The molecule has 1 atom stereocenters. The van der Waals surface area contributed by atoms with Gasteiger partial charge in [-0.15, -0.1) is 0 Å². The highest BCUT2D eigenvalue weighted by Gasteiger charge is 2.35. The molecule has 0 aliphatic rings. The Morgan fingerprint density at radius 1 is 0.949 bits per heavy atom. The number of nitrogen functional groups attached to an aromatic ring is 1. The Morgan fingerprint density at radius 2 is 1.56 bits per heavy atom. The van der Waals surface area contributed by atoms with Gasteiger partial charge in [0.15, 0.2) is 5.69 Å². The number of rotatable bonds is 11. The molecular weight excluding hydrogens is 514 g/mol. The van der Waals surface area contributed by atoms with E-state index in [0.717, 1.165) is 22.7 Å². The van der Waals surface area contributed by atoms with Gasteiger partial charge in [0.25, 0.3) is 11.8 Å². The maximum Gasteiger partial charge on any atom is 0.270 e. The van der Waals surface area contributed by atoms with E-state index in [0.29, 0.717) is 17.9 Å². The maximum absolute atomic E-state index is 14.0. The van der Waals surface area contributed by atoms with E-state index >= 15 is 0 Å². The number of amides is 3. The van der Waals surface area contributed by atoms with Gasteiger partial charge in [-0.3, -0.25) is 14.4 Å². The van der Waals surface area contributed by atoms with Crippen LogP contribution < -0.4 is 21.5 Å². The standard InChI is InChI=1S/C29H29N5O4S/c1-2-38-22-15-13-21(14-16-22)25(28(36)32-17-19-9-5-3-6-10-19)34(18-20-11-7-4-8-12-20)29(37)26-23(30)24(27(31)35)33-39-26/h3-16,25H,2,17-18,30H2,1H3,(H2,31,35)(H,32,36)/t25-/m0/s1. The Balaban J connectivity index is 1.77. The molecule has 3 amide bonds. The third kappa shape index (κ3) is 6.60. The van der Waals surface area contributed by atoms with Crippen molar-refractivity contribution in [2.45, 2.75) is 26.1 Å². The average Bonchev–Trinajstić information content (AvgIpc) is 3.35. The molecular formula is C29H29N5O4S. The van der Waals surface area contributed by atoms with Crippen LogP contribution in [0.3, 0.4) is 0 Å². The first-order valence-corrected chi connectivity index (χ1v) is 13.1. The number of carbonyl (C=O) groups is 3. The van der Waals surface area contributed by atoms with E-state index in [9.17, 15) is 14.4 Å². The molecule has 200 valence electrons. The lowest BCUT2D eigenvalue weighted by atomic mass is 10.0. The lowest BCUT2D eigenvalue weighted by molar-refractivity contribution is -0.126. The molecule has 3 aromatic carbocycles. The highest BCUT2D eigenvalue weighted by atomic mass is 32.1. The zero-order valence-corrected chi connectivity index (χ0v) is 22.2. The zero-order chi connectivity index (χ0) is 27.8. The SMILES string of the molecule is CCOc1ccc([C@@H](C(=O)NCc2ccccc2)N(Cc2ccccc2)C(=O)c2snc(C(N)=O)c2N)cc1. The molecule has 10 heteroatoms. The molecule has 0 saturated carbocycles. The number of benzene rings is 3. The molecule has 0 fully saturated rings. The van der Waals surface area contributed by atoms with Crippen LogP contribution in [0.15, 0.2) is 84.9 Å². The normalized spacial score (nSPS) is 11.4. The molecule has 0 spiro atoms. The Kier molecular flexibility index (Phi) is 8.90. The fraction of sp³-hybridized carbons (Fsp3) is 0.172. The van der Waals surface area contributed by atoms with Gasteiger partial charge in [-0.1, -0.05) is 72.8 Å². The van der Waals surface area contributed by atoms with Crippen LogP contribution >= 0.6 is 11.5 Å². The molecule has 1 heterocycles. The number of nitrogens with one attached hydrogen (secondary N) is 1. The summed E-state index contributed by atoms with van der Waals surface area (Å²) >= 11 is 0.776. The van der Waals surface area contributed by atoms with E-state index in [4.69, 9.17) is 16.2 Å². The van der Waals surface area contributed by atoms with Crippen LogP contribution in [0.5, 0.6) is 5.75 Å². The quantitative estimate of drug-likeness (QED) is 0.262. The largest absolute Gasteiger partial charge is 0.494 e. The number of anilines is 1. The van der Waals surface area contributed by atoms with E-state index in [1.165, 1.54) is 4.90 Å². The summed E-state index contributed by atoms with van der Waals surface area (Å²) in [5, 5.41) is 2.97. The first kappa shape index (κ1) is 27.3. The second-order valence-electron chi connectivity index (χ2n) is 8.66. The first-order valence-electron chi connectivity index (χ1n) is 12.3. The minimum Gasteiger partial charge on any atom is -0.494 e. The van der Waals surface area contributed by atoms with E-state index < -0.39 is 17.9 Å². The van der Waals surface area contributed by atoms with Gasteiger partial charge in [0, 0.05) is 13.1 Å². The zero-order valence-electron chi connectivity index (χ0n) is 21.4. The van der Waals surface area contributed by atoms with E-state index in [2.05, 4.69) is 9.69 Å². The molecule has 0 bridgehead atoms. The molecule has 4 rings (SSSR count). The summed E-state index contributed by atoms with van der Waals surface area (Å²) in [6.07, 6.45) is 0. The Morgan fingerprint density at radius 3 is 2.13 bits per heavy atom. The second kappa shape index (κ2) is 12.7. The van der Waals surface area contributed by atoms with Crippen LogP contribution in [-0.4, -0.2) is 33.6 Å². The fourth-order valence-corrected chi connectivity index (χ4v) is 4.85. The molecule has 4 aromatic rings. The molecule has 0 aliphatic carbocycles. The van der Waals surface area contributed by atoms with Crippen LogP contribution in [0.25, 0.3) is 0 Å². The number of carbonyl (C=O) groups excluding carboxylic acids is 3. The molecule has 5 N–H and O–H groups in total.